The van der Waals surface area contributed by atoms with Crippen LogP contribution in [0.5, 0.6) is 0 Å². The normalized spacial score (nSPS) is 17.1. The molecule has 1 fully saturated rings. The molecule has 0 bridgehead atoms. The van der Waals surface area contributed by atoms with Gasteiger partial charge in [-0.05, 0) is 79.8 Å². The number of nitrogens with zero attached hydrogens (tertiary/aromatic N) is 5. The van der Waals surface area contributed by atoms with E-state index >= 15 is 0 Å². The molecule has 48 heavy (non-hydrogen) atoms. The van der Waals surface area contributed by atoms with Crippen molar-refractivity contribution in [1.29, 1.82) is 5.26 Å². The summed E-state index contributed by atoms with van der Waals surface area (Å²) in [5.74, 6) is -0.710. The van der Waals surface area contributed by atoms with Gasteiger partial charge in [-0.1, -0.05) is 81.3 Å². The number of hydrogen-bond donors (Lipinski definition) is 1. The lowest BCUT2D eigenvalue weighted by Crippen LogP contribution is -2.26. The first-order valence-electron chi connectivity index (χ1n) is 17.3. The van der Waals surface area contributed by atoms with E-state index in [1.807, 2.05) is 16.9 Å². The lowest BCUT2D eigenvalue weighted by Gasteiger charge is -2.27. The molecule has 1 N–H and O–H groups in total. The fourth-order valence-electron chi connectivity index (χ4n) is 7.53. The Hall–Kier alpha value is -4.74. The predicted octanol–water partition coefficient (Wildman–Crippen LogP) is 10.3. The molecule has 0 saturated heterocycles. The summed E-state index contributed by atoms with van der Waals surface area (Å²) in [5.41, 5.74) is 9.91. The van der Waals surface area contributed by atoms with Gasteiger partial charge in [0.25, 0.3) is 0 Å². The van der Waals surface area contributed by atoms with Crippen LogP contribution >= 0.6 is 11.3 Å². The van der Waals surface area contributed by atoms with Gasteiger partial charge in [-0.2, -0.15) is 20.3 Å². The Morgan fingerprint density at radius 1 is 0.958 bits per heavy atom. The van der Waals surface area contributed by atoms with E-state index in [0.717, 1.165) is 52.0 Å². The topological polar surface area (TPSA) is 95.0 Å². The average Bonchev–Trinajstić information content (AvgIpc) is 3.89. The summed E-state index contributed by atoms with van der Waals surface area (Å²) in [4.78, 5) is 17.5. The number of anilines is 2. The summed E-state index contributed by atoms with van der Waals surface area (Å²) >= 11 is 1.45. The summed E-state index contributed by atoms with van der Waals surface area (Å²) in [6, 6.07) is 26.3. The largest absolute Gasteiger partial charge is 0.477 e. The molecule has 0 amide bonds. The molecule has 8 heteroatoms. The van der Waals surface area contributed by atoms with Crippen LogP contribution in [-0.2, 0) is 11.3 Å². The molecule has 1 saturated carbocycles. The van der Waals surface area contributed by atoms with Gasteiger partial charge in [-0.25, -0.2) is 4.79 Å². The number of carboxylic acid groups (broad SMARTS) is 1. The number of thiophene rings is 1. The predicted molar refractivity (Wildman–Crippen MR) is 195 cm³/mol. The number of aryl methyl sites for hydroxylation is 2. The lowest BCUT2D eigenvalue weighted by atomic mass is 9.93. The minimum Gasteiger partial charge on any atom is -0.477 e. The van der Waals surface area contributed by atoms with E-state index in [9.17, 15) is 15.2 Å². The van der Waals surface area contributed by atoms with E-state index in [4.69, 9.17) is 10.2 Å². The molecule has 244 valence electrons. The zero-order valence-corrected chi connectivity index (χ0v) is 28.5. The van der Waals surface area contributed by atoms with Crippen LogP contribution in [0.2, 0.25) is 0 Å². The second kappa shape index (κ2) is 13.8. The summed E-state index contributed by atoms with van der Waals surface area (Å²) in [6.07, 6.45) is 12.3. The van der Waals surface area contributed by atoms with Crippen molar-refractivity contribution in [2.24, 2.45) is 0 Å². The van der Waals surface area contributed by atoms with Crippen LogP contribution in [0.4, 0.5) is 11.4 Å². The van der Waals surface area contributed by atoms with Crippen LogP contribution in [0.25, 0.3) is 38.7 Å². The van der Waals surface area contributed by atoms with E-state index in [-0.39, 0.29) is 5.57 Å². The fraction of sp³-hybridized carbons (Fsp3) is 0.350. The number of aromatic nitrogens is 3. The quantitative estimate of drug-likeness (QED) is 0.0816. The third kappa shape index (κ3) is 6.15. The smallest absolute Gasteiger partial charge is 0.346 e. The van der Waals surface area contributed by atoms with Gasteiger partial charge in [0.1, 0.15) is 22.7 Å². The third-order valence-electron chi connectivity index (χ3n) is 9.94. The molecule has 2 unspecified atom stereocenters. The molecule has 1 aliphatic heterocycles. The number of nitriles is 1. The number of carboxylic acids is 1. The molecule has 0 radical (unpaired) electrons. The Morgan fingerprint density at radius 3 is 2.48 bits per heavy atom. The zero-order chi connectivity index (χ0) is 33.2. The molecular formula is C40H41N5O2S. The molecular weight excluding hydrogens is 615 g/mol. The van der Waals surface area contributed by atoms with Gasteiger partial charge in [-0.15, -0.1) is 11.3 Å². The SMILES string of the molecule is CCCCCCCCn1nc2c(-c3ccc4c(c3)C3CCCC3N4c3ccc(C)cc3)ccc(-c3ccc(/C=C(\C#N)C(=O)O)s3)c2n1. The van der Waals surface area contributed by atoms with Crippen molar-refractivity contribution in [1.82, 2.24) is 15.0 Å². The minimum atomic E-state index is -1.22. The first-order chi connectivity index (χ1) is 23.4. The van der Waals surface area contributed by atoms with E-state index in [1.54, 1.807) is 6.07 Å². The van der Waals surface area contributed by atoms with E-state index < -0.39 is 5.97 Å². The Labute approximate surface area is 286 Å². The zero-order valence-electron chi connectivity index (χ0n) is 27.7. The highest BCUT2D eigenvalue weighted by Crippen LogP contribution is 2.53. The maximum atomic E-state index is 11.4. The van der Waals surface area contributed by atoms with Gasteiger partial charge in [0.05, 0.1) is 6.54 Å². The van der Waals surface area contributed by atoms with Crippen molar-refractivity contribution < 1.29 is 9.90 Å². The lowest BCUT2D eigenvalue weighted by molar-refractivity contribution is -0.132. The maximum Gasteiger partial charge on any atom is 0.346 e. The highest BCUT2D eigenvalue weighted by Gasteiger charge is 2.42. The highest BCUT2D eigenvalue weighted by molar-refractivity contribution is 7.16. The summed E-state index contributed by atoms with van der Waals surface area (Å²) in [7, 11) is 0. The van der Waals surface area contributed by atoms with Crippen molar-refractivity contribution in [2.45, 2.75) is 90.1 Å². The number of carbonyl (C=O) groups is 1. The molecule has 0 spiro atoms. The number of aliphatic carboxylic acids is 1. The number of benzene rings is 3. The van der Waals surface area contributed by atoms with Crippen molar-refractivity contribution in [2.75, 3.05) is 4.90 Å². The second-order valence-electron chi connectivity index (χ2n) is 13.2. The molecule has 2 atom stereocenters. The van der Waals surface area contributed by atoms with Crippen LogP contribution < -0.4 is 4.90 Å². The maximum absolute atomic E-state index is 11.4. The standard InChI is InChI=1S/C40H41N5O2S/c1-3-4-5-6-7-8-22-44-42-38-31(18-19-33(39(38)43-44)37-21-17-30(48-37)23-28(25-41)40(46)47)27-14-20-36-34(24-27)32-10-9-11-35(32)45(36)29-15-12-26(2)13-16-29/h12-21,23-24,32,35H,3-11,22H2,1-2H3,(H,46,47)/b28-23+. The van der Waals surface area contributed by atoms with Crippen molar-refractivity contribution in [3.05, 3.63) is 88.3 Å². The Balaban J connectivity index is 1.27. The highest BCUT2D eigenvalue weighted by atomic mass is 32.1. The molecule has 3 aromatic carbocycles. The van der Waals surface area contributed by atoms with E-state index in [1.165, 1.54) is 84.9 Å². The monoisotopic (exact) mass is 655 g/mol. The molecule has 7 nitrogen and oxygen atoms in total. The number of rotatable bonds is 12. The number of hydrogen-bond acceptors (Lipinski definition) is 6. The number of fused-ring (bicyclic) bond motifs is 4. The van der Waals surface area contributed by atoms with Gasteiger partial charge >= 0.3 is 5.97 Å². The van der Waals surface area contributed by atoms with E-state index in [0.29, 0.717) is 16.8 Å². The molecule has 2 aromatic heterocycles. The van der Waals surface area contributed by atoms with Gasteiger partial charge in [-0.3, -0.25) is 0 Å². The third-order valence-corrected chi connectivity index (χ3v) is 11.0. The first kappa shape index (κ1) is 31.8. The van der Waals surface area contributed by atoms with Crippen molar-refractivity contribution in [3.8, 4) is 27.6 Å². The van der Waals surface area contributed by atoms with Crippen molar-refractivity contribution in [3.63, 3.8) is 0 Å². The Bertz CT molecular complexity index is 2030. The molecule has 5 aromatic rings. The van der Waals surface area contributed by atoms with Crippen LogP contribution in [0.1, 0.15) is 86.6 Å². The van der Waals surface area contributed by atoms with Gasteiger partial charge in [0, 0.05) is 44.2 Å². The number of unbranched alkanes of at least 4 members (excludes halogenated alkanes) is 5. The Kier molecular flexibility index (Phi) is 9.14. The van der Waals surface area contributed by atoms with Crippen molar-refractivity contribution >= 4 is 45.8 Å². The fourth-order valence-corrected chi connectivity index (χ4v) is 8.50. The summed E-state index contributed by atoms with van der Waals surface area (Å²) in [5, 5.41) is 28.8. The van der Waals surface area contributed by atoms with Gasteiger partial charge in [0.2, 0.25) is 0 Å². The summed E-state index contributed by atoms with van der Waals surface area (Å²) in [6.45, 7) is 5.14. The molecule has 1 aliphatic carbocycles. The van der Waals surface area contributed by atoms with Crippen LogP contribution in [-0.4, -0.2) is 32.1 Å². The second-order valence-corrected chi connectivity index (χ2v) is 14.3. The van der Waals surface area contributed by atoms with Gasteiger partial charge < -0.3 is 10.0 Å². The molecule has 2 aliphatic rings. The van der Waals surface area contributed by atoms with Crippen LogP contribution in [0.3, 0.4) is 0 Å². The average molecular weight is 656 g/mol. The van der Waals surface area contributed by atoms with Crippen LogP contribution in [0, 0.1) is 18.3 Å². The Morgan fingerprint density at radius 2 is 1.71 bits per heavy atom. The minimum absolute atomic E-state index is 0.282. The van der Waals surface area contributed by atoms with E-state index in [2.05, 4.69) is 73.3 Å². The summed E-state index contributed by atoms with van der Waals surface area (Å²) < 4.78 is 0. The first-order valence-corrected chi connectivity index (χ1v) is 18.1. The molecule has 7 rings (SSSR count). The molecule has 3 heterocycles. The van der Waals surface area contributed by atoms with Gasteiger partial charge in [0.15, 0.2) is 0 Å². The van der Waals surface area contributed by atoms with Crippen LogP contribution in [0.15, 0.2) is 72.3 Å².